The molecule has 132 valence electrons. The van der Waals surface area contributed by atoms with Crippen LogP contribution in [0.2, 0.25) is 0 Å². The van der Waals surface area contributed by atoms with Gasteiger partial charge in [-0.25, -0.2) is 0 Å². The molecule has 1 heterocycles. The summed E-state index contributed by atoms with van der Waals surface area (Å²) in [5, 5.41) is 19.7. The Morgan fingerprint density at radius 2 is 1.68 bits per heavy atom. The van der Waals surface area contributed by atoms with Crippen molar-refractivity contribution in [3.05, 3.63) is 54.1 Å². The summed E-state index contributed by atoms with van der Waals surface area (Å²) in [5.74, 6) is -0.564. The Balaban J connectivity index is 1.72. The fourth-order valence-corrected chi connectivity index (χ4v) is 3.66. The van der Waals surface area contributed by atoms with Crippen molar-refractivity contribution in [2.24, 2.45) is 0 Å². The minimum absolute atomic E-state index is 0.262. The molecule has 2 aromatic rings. The summed E-state index contributed by atoms with van der Waals surface area (Å²) in [4.78, 5) is 17.1. The van der Waals surface area contributed by atoms with Crippen LogP contribution in [0.25, 0.3) is 0 Å². The second-order valence-electron chi connectivity index (χ2n) is 6.03. The van der Waals surface area contributed by atoms with Gasteiger partial charge in [0.1, 0.15) is 11.8 Å². The topological polar surface area (TPSA) is 64.0 Å². The Labute approximate surface area is 151 Å². The van der Waals surface area contributed by atoms with Crippen molar-refractivity contribution >= 4 is 23.4 Å². The summed E-state index contributed by atoms with van der Waals surface area (Å²) in [5.41, 5.74) is 1.61. The molecule has 0 amide bonds. The quantitative estimate of drug-likeness (QED) is 0.801. The van der Waals surface area contributed by atoms with E-state index in [1.165, 1.54) is 0 Å². The van der Waals surface area contributed by atoms with Crippen molar-refractivity contribution in [3.63, 3.8) is 0 Å². The van der Waals surface area contributed by atoms with E-state index < -0.39 is 12.0 Å². The molecule has 1 fully saturated rings. The van der Waals surface area contributed by atoms with Gasteiger partial charge < -0.3 is 15.1 Å². The summed E-state index contributed by atoms with van der Waals surface area (Å²) in [7, 11) is 0. The molecule has 1 aliphatic heterocycles. The predicted octanol–water partition coefficient (Wildman–Crippen LogP) is 3.06. The molecule has 0 aliphatic carbocycles. The summed E-state index contributed by atoms with van der Waals surface area (Å²) < 4.78 is 0. The van der Waals surface area contributed by atoms with E-state index in [-0.39, 0.29) is 5.75 Å². The van der Waals surface area contributed by atoms with E-state index in [1.54, 1.807) is 23.9 Å². The van der Waals surface area contributed by atoms with Crippen LogP contribution in [-0.4, -0.2) is 53.5 Å². The number of hydrogen-bond donors (Lipinski definition) is 2. The number of carbonyl (C=O) groups is 1. The van der Waals surface area contributed by atoms with Gasteiger partial charge in [-0.1, -0.05) is 24.3 Å². The normalized spacial score (nSPS) is 16.6. The van der Waals surface area contributed by atoms with Crippen LogP contribution >= 0.6 is 11.8 Å². The van der Waals surface area contributed by atoms with Crippen LogP contribution in [-0.2, 0) is 4.79 Å². The first-order chi connectivity index (χ1) is 12.1. The molecule has 2 N–H and O–H groups in total. The largest absolute Gasteiger partial charge is 0.506 e. The Morgan fingerprint density at radius 1 is 1.04 bits per heavy atom. The van der Waals surface area contributed by atoms with Gasteiger partial charge in [0.05, 0.1) is 5.69 Å². The van der Waals surface area contributed by atoms with E-state index in [9.17, 15) is 15.0 Å². The van der Waals surface area contributed by atoms with Crippen LogP contribution in [0.3, 0.4) is 0 Å². The number of phenols is 1. The number of hydrogen-bond acceptors (Lipinski definition) is 5. The first kappa shape index (κ1) is 17.6. The van der Waals surface area contributed by atoms with Crippen LogP contribution in [0.5, 0.6) is 5.75 Å². The minimum atomic E-state index is -0.826. The molecule has 6 heteroatoms. The maximum Gasteiger partial charge on any atom is 0.325 e. The monoisotopic (exact) mass is 358 g/mol. The van der Waals surface area contributed by atoms with Crippen molar-refractivity contribution in [1.82, 2.24) is 4.90 Å². The Bertz CT molecular complexity index is 728. The van der Waals surface area contributed by atoms with Crippen molar-refractivity contribution in [1.29, 1.82) is 0 Å². The van der Waals surface area contributed by atoms with Crippen molar-refractivity contribution in [2.45, 2.75) is 10.9 Å². The zero-order valence-corrected chi connectivity index (χ0v) is 14.9. The molecule has 3 rings (SSSR count). The molecule has 0 saturated carbocycles. The van der Waals surface area contributed by atoms with E-state index in [4.69, 9.17) is 0 Å². The highest BCUT2D eigenvalue weighted by Crippen LogP contribution is 2.30. The van der Waals surface area contributed by atoms with Gasteiger partial charge in [-0.2, -0.15) is 0 Å². The number of carboxylic acid groups (broad SMARTS) is 1. The lowest BCUT2D eigenvalue weighted by Gasteiger charge is -2.39. The van der Waals surface area contributed by atoms with Gasteiger partial charge in [0.2, 0.25) is 0 Å². The zero-order valence-electron chi connectivity index (χ0n) is 14.1. The number of piperazine rings is 1. The molecule has 1 saturated heterocycles. The van der Waals surface area contributed by atoms with Crippen molar-refractivity contribution in [3.8, 4) is 5.75 Å². The lowest BCUT2D eigenvalue weighted by Crippen LogP contribution is -2.49. The van der Waals surface area contributed by atoms with E-state index in [0.29, 0.717) is 26.2 Å². The zero-order chi connectivity index (χ0) is 17.8. The number of nitrogens with zero attached hydrogens (tertiary/aromatic N) is 2. The SMILES string of the molecule is CSc1ccc(C(C(=O)O)N2CCN(c3ccccc3O)CC2)cc1. The lowest BCUT2D eigenvalue weighted by atomic mass is 10.0. The molecule has 0 aromatic heterocycles. The van der Waals surface area contributed by atoms with Crippen molar-refractivity contribution < 1.29 is 15.0 Å². The molecule has 0 spiro atoms. The standard InChI is InChI=1S/C19H22N2O3S/c1-25-15-8-6-14(7-9-15)18(19(23)24)21-12-10-20(11-13-21)16-4-2-3-5-17(16)22/h2-9,18,22H,10-13H2,1H3,(H,23,24). The Morgan fingerprint density at radius 3 is 2.24 bits per heavy atom. The van der Waals surface area contributed by atoms with E-state index in [2.05, 4.69) is 4.90 Å². The van der Waals surface area contributed by atoms with E-state index in [0.717, 1.165) is 16.1 Å². The van der Waals surface area contributed by atoms with Crippen LogP contribution in [0, 0.1) is 0 Å². The molecule has 1 aliphatic rings. The van der Waals surface area contributed by atoms with E-state index >= 15 is 0 Å². The molecule has 1 unspecified atom stereocenters. The maximum absolute atomic E-state index is 11.9. The number of thioether (sulfide) groups is 1. The van der Waals surface area contributed by atoms with Crippen molar-refractivity contribution in [2.75, 3.05) is 37.3 Å². The molecular formula is C19H22N2O3S. The molecule has 0 bridgehead atoms. The van der Waals surface area contributed by atoms with Crippen LogP contribution in [0.15, 0.2) is 53.4 Å². The van der Waals surface area contributed by atoms with Gasteiger partial charge in [-0.15, -0.1) is 11.8 Å². The lowest BCUT2D eigenvalue weighted by molar-refractivity contribution is -0.143. The number of benzene rings is 2. The van der Waals surface area contributed by atoms with Crippen LogP contribution in [0.1, 0.15) is 11.6 Å². The number of para-hydroxylation sites is 2. The van der Waals surface area contributed by atoms with Gasteiger partial charge in [0.15, 0.2) is 0 Å². The summed E-state index contributed by atoms with van der Waals surface area (Å²) in [6.07, 6.45) is 2.00. The maximum atomic E-state index is 11.9. The highest BCUT2D eigenvalue weighted by molar-refractivity contribution is 7.98. The predicted molar refractivity (Wildman–Crippen MR) is 100 cm³/mol. The number of aromatic hydroxyl groups is 1. The average molecular weight is 358 g/mol. The number of carboxylic acids is 1. The molecule has 2 aromatic carbocycles. The molecule has 5 nitrogen and oxygen atoms in total. The molecule has 0 radical (unpaired) electrons. The minimum Gasteiger partial charge on any atom is -0.506 e. The van der Waals surface area contributed by atoms with Gasteiger partial charge in [-0.05, 0) is 36.1 Å². The van der Waals surface area contributed by atoms with Gasteiger partial charge in [0, 0.05) is 31.1 Å². The smallest absolute Gasteiger partial charge is 0.325 e. The molecular weight excluding hydrogens is 336 g/mol. The number of rotatable bonds is 5. The summed E-state index contributed by atoms with van der Waals surface area (Å²) in [6.45, 7) is 2.64. The van der Waals surface area contributed by atoms with Crippen LogP contribution < -0.4 is 4.90 Å². The third kappa shape index (κ3) is 3.91. The fraction of sp³-hybridized carbons (Fsp3) is 0.316. The fourth-order valence-electron chi connectivity index (χ4n) is 3.25. The highest BCUT2D eigenvalue weighted by Gasteiger charge is 2.30. The van der Waals surface area contributed by atoms with Gasteiger partial charge >= 0.3 is 5.97 Å². The van der Waals surface area contributed by atoms with E-state index in [1.807, 2.05) is 47.6 Å². The second-order valence-corrected chi connectivity index (χ2v) is 6.91. The highest BCUT2D eigenvalue weighted by atomic mass is 32.2. The summed E-state index contributed by atoms with van der Waals surface area (Å²) >= 11 is 1.64. The Hall–Kier alpha value is -2.18. The first-order valence-corrected chi connectivity index (χ1v) is 9.46. The number of anilines is 1. The third-order valence-electron chi connectivity index (χ3n) is 4.57. The second kappa shape index (κ2) is 7.80. The Kier molecular flexibility index (Phi) is 5.50. The molecule has 25 heavy (non-hydrogen) atoms. The number of aliphatic carboxylic acids is 1. The van der Waals surface area contributed by atoms with Crippen LogP contribution in [0.4, 0.5) is 5.69 Å². The summed E-state index contributed by atoms with van der Waals surface area (Å²) in [6, 6.07) is 14.4. The number of phenolic OH excluding ortho intramolecular Hbond substituents is 1. The third-order valence-corrected chi connectivity index (χ3v) is 5.31. The first-order valence-electron chi connectivity index (χ1n) is 8.24. The van der Waals surface area contributed by atoms with Gasteiger partial charge in [0.25, 0.3) is 0 Å². The average Bonchev–Trinajstić information content (AvgIpc) is 2.63. The molecule has 1 atom stereocenters. The van der Waals surface area contributed by atoms with Gasteiger partial charge in [-0.3, -0.25) is 9.69 Å².